The van der Waals surface area contributed by atoms with E-state index in [-0.39, 0.29) is 23.2 Å². The second-order valence-electron chi connectivity index (χ2n) is 9.34. The molecule has 0 atom stereocenters. The zero-order valence-electron chi connectivity index (χ0n) is 21.1. The fourth-order valence-electron chi connectivity index (χ4n) is 4.79. The highest BCUT2D eigenvalue weighted by Gasteiger charge is 2.22. The molecule has 1 saturated heterocycles. The van der Waals surface area contributed by atoms with Crippen molar-refractivity contribution in [2.24, 2.45) is 0 Å². The lowest BCUT2D eigenvalue weighted by Gasteiger charge is -2.33. The van der Waals surface area contributed by atoms with Crippen LogP contribution in [-0.4, -0.2) is 43.3 Å². The van der Waals surface area contributed by atoms with Crippen LogP contribution < -0.4 is 20.9 Å². The van der Waals surface area contributed by atoms with Crippen molar-refractivity contribution in [3.8, 4) is 17.3 Å². The summed E-state index contributed by atoms with van der Waals surface area (Å²) in [6.45, 7) is 6.40. The number of anilines is 1. The van der Waals surface area contributed by atoms with Gasteiger partial charge in [0, 0.05) is 62.5 Å². The van der Waals surface area contributed by atoms with Crippen LogP contribution in [0.5, 0.6) is 5.88 Å². The summed E-state index contributed by atoms with van der Waals surface area (Å²) < 4.78 is 22.1. The van der Waals surface area contributed by atoms with Crippen LogP contribution in [0.4, 0.5) is 10.1 Å². The summed E-state index contributed by atoms with van der Waals surface area (Å²) in [5.74, 6) is 0.772. The van der Waals surface area contributed by atoms with Gasteiger partial charge in [-0.1, -0.05) is 13.8 Å². The molecule has 4 aromatic rings. The highest BCUT2D eigenvalue weighted by Crippen LogP contribution is 2.24. The first-order valence-corrected chi connectivity index (χ1v) is 12.9. The molecule has 1 aromatic carbocycles. The fourth-order valence-corrected chi connectivity index (χ4v) is 4.79. The lowest BCUT2D eigenvalue weighted by molar-refractivity contribution is 0.164. The third-order valence-corrected chi connectivity index (χ3v) is 6.69. The van der Waals surface area contributed by atoms with Gasteiger partial charge in [-0.05, 0) is 43.2 Å². The lowest BCUT2D eigenvalue weighted by atomic mass is 10.1. The van der Waals surface area contributed by atoms with Gasteiger partial charge < -0.3 is 14.6 Å². The van der Waals surface area contributed by atoms with Gasteiger partial charge in [-0.3, -0.25) is 13.9 Å². The number of benzene rings is 1. The predicted octanol–water partition coefficient (Wildman–Crippen LogP) is 3.96. The van der Waals surface area contributed by atoms with Gasteiger partial charge >= 0.3 is 5.69 Å². The van der Waals surface area contributed by atoms with Crippen molar-refractivity contribution >= 4 is 16.9 Å². The average Bonchev–Trinajstić information content (AvgIpc) is 3.36. The Bertz CT molecular complexity index is 1480. The monoisotopic (exact) mass is 506 g/mol. The Morgan fingerprint density at radius 2 is 1.70 bits per heavy atom. The molecule has 1 aliphatic rings. The fraction of sp³-hybridized carbons (Fsp3) is 0.407. The molecule has 0 bridgehead atoms. The van der Waals surface area contributed by atoms with Crippen molar-refractivity contribution in [2.45, 2.75) is 58.7 Å². The third kappa shape index (κ3) is 5.00. The molecule has 1 N–H and O–H groups in total. The van der Waals surface area contributed by atoms with Gasteiger partial charge in [0.25, 0.3) is 5.56 Å². The third-order valence-electron chi connectivity index (χ3n) is 6.69. The van der Waals surface area contributed by atoms with E-state index in [2.05, 4.69) is 19.9 Å². The molecule has 1 aliphatic heterocycles. The maximum atomic E-state index is 13.2. The largest absolute Gasteiger partial charge is 0.474 e. The van der Waals surface area contributed by atoms with E-state index in [9.17, 15) is 14.0 Å². The van der Waals surface area contributed by atoms with Crippen LogP contribution in [0.25, 0.3) is 22.6 Å². The summed E-state index contributed by atoms with van der Waals surface area (Å²) in [4.78, 5) is 40.3. The van der Waals surface area contributed by atoms with E-state index in [0.717, 1.165) is 38.0 Å². The Kier molecular flexibility index (Phi) is 7.07. The Labute approximate surface area is 213 Å². The van der Waals surface area contributed by atoms with Gasteiger partial charge in [-0.2, -0.15) is 0 Å². The number of ether oxygens (including phenoxy) is 1. The number of aromatic nitrogens is 5. The molecule has 0 unspecified atom stereocenters. The van der Waals surface area contributed by atoms with Gasteiger partial charge in [0.1, 0.15) is 23.3 Å². The summed E-state index contributed by atoms with van der Waals surface area (Å²) in [5.41, 5.74) is 1.72. The van der Waals surface area contributed by atoms with Crippen molar-refractivity contribution in [1.82, 2.24) is 24.1 Å². The number of nitrogens with one attached hydrogen (secondary N) is 1. The molecule has 0 spiro atoms. The number of hydrogen-bond acceptors (Lipinski definition) is 6. The van der Waals surface area contributed by atoms with Gasteiger partial charge in [-0.15, -0.1) is 0 Å². The van der Waals surface area contributed by atoms with E-state index in [0.29, 0.717) is 47.9 Å². The van der Waals surface area contributed by atoms with Gasteiger partial charge in [-0.25, -0.2) is 19.2 Å². The van der Waals surface area contributed by atoms with Gasteiger partial charge in [0.2, 0.25) is 5.88 Å². The molecule has 194 valence electrons. The number of H-pyrrole nitrogens is 1. The number of piperidine rings is 1. The number of hydrogen-bond donors (Lipinski definition) is 1. The number of rotatable bonds is 8. The Balaban J connectivity index is 1.31. The number of imidazole rings is 1. The molecule has 3 aromatic heterocycles. The first kappa shape index (κ1) is 24.7. The summed E-state index contributed by atoms with van der Waals surface area (Å²) >= 11 is 0. The van der Waals surface area contributed by atoms with Crippen LogP contribution in [0.15, 0.2) is 52.2 Å². The minimum atomic E-state index is -0.354. The van der Waals surface area contributed by atoms with Gasteiger partial charge in [0.05, 0.1) is 0 Å². The predicted molar refractivity (Wildman–Crippen MR) is 141 cm³/mol. The number of pyridine rings is 1. The van der Waals surface area contributed by atoms with Crippen molar-refractivity contribution in [3.05, 3.63) is 69.3 Å². The molecule has 0 saturated carbocycles. The highest BCUT2D eigenvalue weighted by molar-refractivity contribution is 5.75. The molecule has 5 rings (SSSR count). The van der Waals surface area contributed by atoms with Crippen LogP contribution in [0.1, 0.15) is 39.5 Å². The van der Waals surface area contributed by atoms with Crippen molar-refractivity contribution < 1.29 is 9.13 Å². The van der Waals surface area contributed by atoms with Crippen LogP contribution >= 0.6 is 0 Å². The molecule has 0 amide bonds. The van der Waals surface area contributed by atoms with Crippen LogP contribution in [0.3, 0.4) is 0 Å². The Hall–Kier alpha value is -3.95. The molecule has 0 aliphatic carbocycles. The number of halogens is 1. The van der Waals surface area contributed by atoms with E-state index in [1.54, 1.807) is 29.0 Å². The van der Waals surface area contributed by atoms with E-state index >= 15 is 0 Å². The summed E-state index contributed by atoms with van der Waals surface area (Å²) in [7, 11) is 0. The Morgan fingerprint density at radius 3 is 2.35 bits per heavy atom. The van der Waals surface area contributed by atoms with E-state index in [1.807, 2.05) is 19.9 Å². The maximum absolute atomic E-state index is 13.2. The van der Waals surface area contributed by atoms with Crippen LogP contribution in [-0.2, 0) is 13.1 Å². The first-order valence-electron chi connectivity index (χ1n) is 12.9. The molecule has 9 nitrogen and oxygen atoms in total. The van der Waals surface area contributed by atoms with Crippen LogP contribution in [0.2, 0.25) is 0 Å². The molecule has 4 heterocycles. The number of nitrogens with zero attached hydrogens (tertiary/aromatic N) is 5. The number of aryl methyl sites for hydroxylation is 1. The van der Waals surface area contributed by atoms with Crippen molar-refractivity contribution in [1.29, 1.82) is 0 Å². The molecular weight excluding hydrogens is 475 g/mol. The number of fused-ring (bicyclic) bond motifs is 1. The molecule has 1 fully saturated rings. The Morgan fingerprint density at radius 1 is 1.00 bits per heavy atom. The first-order chi connectivity index (χ1) is 18.0. The zero-order chi connectivity index (χ0) is 25.9. The van der Waals surface area contributed by atoms with E-state index < -0.39 is 0 Å². The molecule has 37 heavy (non-hydrogen) atoms. The topological polar surface area (TPSA) is 98.0 Å². The summed E-state index contributed by atoms with van der Waals surface area (Å²) in [5, 5.41) is 0. The average molecular weight is 507 g/mol. The number of aromatic amines is 1. The van der Waals surface area contributed by atoms with Gasteiger partial charge in [0.15, 0.2) is 5.65 Å². The zero-order valence-corrected chi connectivity index (χ0v) is 21.1. The summed E-state index contributed by atoms with van der Waals surface area (Å²) in [6.07, 6.45) is 4.81. The minimum absolute atomic E-state index is 0.0433. The molecule has 0 radical (unpaired) electrons. The second-order valence-corrected chi connectivity index (χ2v) is 9.34. The van der Waals surface area contributed by atoms with Crippen LogP contribution in [0, 0.1) is 5.82 Å². The molecule has 10 heteroatoms. The SMILES string of the molecule is CCCn1c(=O)c2[nH]c(-c3ccc(OC4CCN(c5ccc(F)cc5)CC4)nc3)nc2n(CCC)c1=O. The van der Waals surface area contributed by atoms with E-state index in [1.165, 1.54) is 16.7 Å². The van der Waals surface area contributed by atoms with Crippen molar-refractivity contribution in [3.63, 3.8) is 0 Å². The second kappa shape index (κ2) is 10.6. The molecular formula is C27H31FN6O3. The minimum Gasteiger partial charge on any atom is -0.474 e. The van der Waals surface area contributed by atoms with Crippen molar-refractivity contribution in [2.75, 3.05) is 18.0 Å². The highest BCUT2D eigenvalue weighted by atomic mass is 19.1. The quantitative estimate of drug-likeness (QED) is 0.389. The standard InChI is InChI=1S/C27H31FN6O3/c1-3-13-33-25-23(26(35)34(14-4-2)27(33)36)30-24(31-25)18-5-10-22(29-17-18)37-21-11-15-32(16-12-21)20-8-6-19(28)7-9-20/h5-10,17,21H,3-4,11-16H2,1-2H3,(H,30,31). The maximum Gasteiger partial charge on any atom is 0.332 e. The lowest BCUT2D eigenvalue weighted by Crippen LogP contribution is -2.40. The smallest absolute Gasteiger partial charge is 0.332 e. The van der Waals surface area contributed by atoms with E-state index in [4.69, 9.17) is 4.74 Å². The normalized spacial score (nSPS) is 14.4. The summed E-state index contributed by atoms with van der Waals surface area (Å²) in [6, 6.07) is 10.2.